The minimum Gasteiger partial charge on any atom is -0.364 e. The van der Waals surface area contributed by atoms with Gasteiger partial charge in [0.1, 0.15) is 17.4 Å². The van der Waals surface area contributed by atoms with Crippen LogP contribution in [0.15, 0.2) is 24.3 Å². The van der Waals surface area contributed by atoms with Crippen molar-refractivity contribution in [3.05, 3.63) is 63.7 Å². The van der Waals surface area contributed by atoms with E-state index < -0.39 is 17.6 Å². The van der Waals surface area contributed by atoms with Crippen LogP contribution < -0.4 is 4.90 Å². The van der Waals surface area contributed by atoms with Crippen LogP contribution in [0.25, 0.3) is 0 Å². The lowest BCUT2D eigenvalue weighted by Gasteiger charge is -2.35. The van der Waals surface area contributed by atoms with Crippen LogP contribution in [0.3, 0.4) is 0 Å². The van der Waals surface area contributed by atoms with E-state index in [2.05, 4.69) is 0 Å². The van der Waals surface area contributed by atoms with Gasteiger partial charge < -0.3 is 4.90 Å². The summed E-state index contributed by atoms with van der Waals surface area (Å²) >= 11 is 0. The lowest BCUT2D eigenvalue weighted by atomic mass is 9.77. The first-order chi connectivity index (χ1) is 14.1. The second-order valence-electron chi connectivity index (χ2n) is 8.75. The van der Waals surface area contributed by atoms with E-state index in [1.807, 2.05) is 24.8 Å². The van der Waals surface area contributed by atoms with Crippen LogP contribution in [0.4, 0.5) is 23.2 Å². The van der Waals surface area contributed by atoms with Gasteiger partial charge in [0.2, 0.25) is 5.92 Å². The van der Waals surface area contributed by atoms with E-state index >= 15 is 0 Å². The van der Waals surface area contributed by atoms with Crippen molar-refractivity contribution in [2.75, 3.05) is 11.4 Å². The van der Waals surface area contributed by atoms with Gasteiger partial charge in [-0.25, -0.2) is 17.6 Å². The summed E-state index contributed by atoms with van der Waals surface area (Å²) in [5, 5.41) is 0. The first-order valence-electron chi connectivity index (χ1n) is 10.3. The Balaban J connectivity index is 1.50. The monoisotopic (exact) mass is 419 g/mol. The molecule has 1 saturated carbocycles. The highest BCUT2D eigenvalue weighted by molar-refractivity contribution is 5.82. The Morgan fingerprint density at radius 1 is 1.17 bits per heavy atom. The van der Waals surface area contributed by atoms with Crippen LogP contribution in [0.1, 0.15) is 47.1 Å². The molecule has 30 heavy (non-hydrogen) atoms. The van der Waals surface area contributed by atoms with Crippen LogP contribution in [-0.4, -0.2) is 18.3 Å². The average molecular weight is 419 g/mol. The van der Waals surface area contributed by atoms with E-state index in [0.717, 1.165) is 33.9 Å². The van der Waals surface area contributed by atoms with Crippen LogP contribution in [0.5, 0.6) is 0 Å². The lowest BCUT2D eigenvalue weighted by molar-refractivity contribution is -0.131. The summed E-state index contributed by atoms with van der Waals surface area (Å²) in [6, 6.07) is 5.66. The molecule has 1 heterocycles. The first kappa shape index (κ1) is 20.9. The molecule has 2 nitrogen and oxygen atoms in total. The van der Waals surface area contributed by atoms with E-state index in [1.54, 1.807) is 0 Å². The summed E-state index contributed by atoms with van der Waals surface area (Å²) in [4.78, 5) is 14.4. The minimum atomic E-state index is -2.60. The smallest absolute Gasteiger partial charge is 0.248 e. The molecule has 4 rings (SSSR count). The highest BCUT2D eigenvalue weighted by Crippen LogP contribution is 2.44. The number of fused-ring (bicyclic) bond motifs is 1. The molecule has 0 atom stereocenters. The normalized spacial score (nSPS) is 18.1. The Bertz CT molecular complexity index is 993. The number of alkyl halides is 2. The van der Waals surface area contributed by atoms with E-state index in [0.29, 0.717) is 25.2 Å². The highest BCUT2D eigenvalue weighted by atomic mass is 19.3. The van der Waals surface area contributed by atoms with Gasteiger partial charge in [-0.1, -0.05) is 6.07 Å². The van der Waals surface area contributed by atoms with Gasteiger partial charge in [0.15, 0.2) is 0 Å². The largest absolute Gasteiger partial charge is 0.364 e. The van der Waals surface area contributed by atoms with Crippen LogP contribution in [-0.2, 0) is 24.2 Å². The summed E-state index contributed by atoms with van der Waals surface area (Å²) in [7, 11) is 0. The molecule has 0 aromatic heterocycles. The van der Waals surface area contributed by atoms with Gasteiger partial charge >= 0.3 is 0 Å². The number of aryl methyl sites for hydroxylation is 1. The van der Waals surface area contributed by atoms with Crippen molar-refractivity contribution >= 4 is 11.5 Å². The molecule has 2 aromatic rings. The summed E-state index contributed by atoms with van der Waals surface area (Å²) in [6.07, 6.45) is 0.814. The average Bonchev–Trinajstić information content (AvgIpc) is 2.63. The SMILES string of the molecule is Cc1cc2c(c(C)c1CC(=O)CC1CC(F)(F)C1)CCN(c1ccc(F)cc1F)C2. The number of rotatable bonds is 5. The molecule has 2 aromatic carbocycles. The van der Waals surface area contributed by atoms with Crippen molar-refractivity contribution in [1.82, 2.24) is 0 Å². The maximum Gasteiger partial charge on any atom is 0.248 e. The van der Waals surface area contributed by atoms with Gasteiger partial charge in [-0.3, -0.25) is 4.79 Å². The van der Waals surface area contributed by atoms with Crippen LogP contribution >= 0.6 is 0 Å². The molecule has 160 valence electrons. The second kappa shape index (κ2) is 7.71. The van der Waals surface area contributed by atoms with Crippen LogP contribution in [0.2, 0.25) is 0 Å². The van der Waals surface area contributed by atoms with Crippen molar-refractivity contribution in [3.63, 3.8) is 0 Å². The van der Waals surface area contributed by atoms with E-state index in [4.69, 9.17) is 0 Å². The van der Waals surface area contributed by atoms with Gasteiger partial charge in [0, 0.05) is 44.8 Å². The Hall–Kier alpha value is -2.37. The third-order valence-electron chi connectivity index (χ3n) is 6.47. The highest BCUT2D eigenvalue weighted by Gasteiger charge is 2.45. The molecule has 1 aliphatic heterocycles. The molecule has 0 bridgehead atoms. The Labute approximate surface area is 173 Å². The summed E-state index contributed by atoms with van der Waals surface area (Å²) in [5.41, 5.74) is 5.66. The number of nitrogens with zero attached hydrogens (tertiary/aromatic N) is 1. The molecule has 2 aliphatic rings. The van der Waals surface area contributed by atoms with E-state index in [1.165, 1.54) is 12.1 Å². The van der Waals surface area contributed by atoms with E-state index in [-0.39, 0.29) is 37.4 Å². The van der Waals surface area contributed by atoms with Crippen LogP contribution in [0, 0.1) is 31.4 Å². The predicted octanol–water partition coefficient (Wildman–Crippen LogP) is 5.69. The molecule has 1 fully saturated rings. The van der Waals surface area contributed by atoms with Gasteiger partial charge in [0.25, 0.3) is 0 Å². The molecule has 6 heteroatoms. The number of carbonyl (C=O) groups is 1. The molecular weight excluding hydrogens is 394 g/mol. The number of carbonyl (C=O) groups excluding carboxylic acids is 1. The van der Waals surface area contributed by atoms with Crippen molar-refractivity contribution in [2.45, 2.75) is 58.4 Å². The van der Waals surface area contributed by atoms with E-state index in [9.17, 15) is 22.4 Å². The fraction of sp³-hybridized carbons (Fsp3) is 0.458. The predicted molar refractivity (Wildman–Crippen MR) is 108 cm³/mol. The third-order valence-corrected chi connectivity index (χ3v) is 6.47. The van der Waals surface area contributed by atoms with Crippen molar-refractivity contribution < 1.29 is 22.4 Å². The number of hydrogen-bond acceptors (Lipinski definition) is 2. The number of Topliss-reactive ketones (excluding diaryl/α,β-unsaturated/α-hetero) is 1. The zero-order valence-electron chi connectivity index (χ0n) is 17.2. The van der Waals surface area contributed by atoms with Gasteiger partial charge in [0.05, 0.1) is 5.69 Å². The second-order valence-corrected chi connectivity index (χ2v) is 8.75. The van der Waals surface area contributed by atoms with Crippen molar-refractivity contribution in [1.29, 1.82) is 0 Å². The third kappa shape index (κ3) is 4.09. The van der Waals surface area contributed by atoms with Gasteiger partial charge in [-0.15, -0.1) is 0 Å². The quantitative estimate of drug-likeness (QED) is 0.580. The number of benzene rings is 2. The molecule has 0 amide bonds. The molecule has 0 spiro atoms. The zero-order valence-corrected chi connectivity index (χ0v) is 17.2. The summed E-state index contributed by atoms with van der Waals surface area (Å²) in [6.45, 7) is 5.07. The zero-order chi connectivity index (χ0) is 21.6. The molecular formula is C24H25F4NO. The van der Waals surface area contributed by atoms with Gasteiger partial charge in [-0.2, -0.15) is 0 Å². The summed E-state index contributed by atoms with van der Waals surface area (Å²) in [5.74, 6) is -3.97. The van der Waals surface area contributed by atoms with Gasteiger partial charge in [-0.05, 0) is 66.1 Å². The molecule has 0 unspecified atom stereocenters. The summed E-state index contributed by atoms with van der Waals surface area (Å²) < 4.78 is 53.5. The number of anilines is 1. The molecule has 0 saturated heterocycles. The molecule has 0 radical (unpaired) electrons. The van der Waals surface area contributed by atoms with Crippen molar-refractivity contribution in [2.24, 2.45) is 5.92 Å². The molecule has 1 aliphatic carbocycles. The number of hydrogen-bond donors (Lipinski definition) is 0. The number of ketones is 1. The number of halogens is 4. The Kier molecular flexibility index (Phi) is 5.37. The maximum absolute atomic E-state index is 14.2. The fourth-order valence-electron chi connectivity index (χ4n) is 4.91. The Morgan fingerprint density at radius 2 is 1.90 bits per heavy atom. The maximum atomic E-state index is 14.2. The first-order valence-corrected chi connectivity index (χ1v) is 10.3. The standard InChI is InChI=1S/C24H25F4NO/c1-14-7-17-13-29(23-4-3-18(25)9-22(23)26)6-5-20(17)15(2)21(14)10-19(30)8-16-11-24(27,28)12-16/h3-4,7,9,16H,5-6,8,10-13H2,1-2H3. The molecule has 0 N–H and O–H groups in total. The Morgan fingerprint density at radius 3 is 2.57 bits per heavy atom. The fourth-order valence-corrected chi connectivity index (χ4v) is 4.91. The lowest BCUT2D eigenvalue weighted by Crippen LogP contribution is -2.36. The topological polar surface area (TPSA) is 20.3 Å². The minimum absolute atomic E-state index is 0.00692. The van der Waals surface area contributed by atoms with Crippen molar-refractivity contribution in [3.8, 4) is 0 Å².